The van der Waals surface area contributed by atoms with Crippen LogP contribution in [0.5, 0.6) is 0 Å². The zero-order valence-corrected chi connectivity index (χ0v) is 22.1. The van der Waals surface area contributed by atoms with Crippen molar-refractivity contribution in [3.05, 3.63) is 51.8 Å². The number of H-pyrrole nitrogens is 1. The predicted molar refractivity (Wildman–Crippen MR) is 138 cm³/mol. The molecule has 3 heterocycles. The van der Waals surface area contributed by atoms with Crippen LogP contribution in [0.1, 0.15) is 63.5 Å². The maximum Gasteiger partial charge on any atom is 0.327 e. The number of carbonyl (C=O) groups excluding carboxylic acids is 2. The highest BCUT2D eigenvalue weighted by atomic mass is 32.2. The van der Waals surface area contributed by atoms with E-state index < -0.39 is 16.8 Å². The van der Waals surface area contributed by atoms with Crippen molar-refractivity contribution in [2.45, 2.75) is 81.6 Å². The van der Waals surface area contributed by atoms with E-state index in [1.807, 2.05) is 37.6 Å². The number of aromatic nitrogens is 1. The third-order valence-electron chi connectivity index (χ3n) is 6.84. The van der Waals surface area contributed by atoms with Gasteiger partial charge in [0.05, 0.1) is 6.61 Å². The number of aromatic amines is 1. The van der Waals surface area contributed by atoms with Gasteiger partial charge in [-0.05, 0) is 64.9 Å². The van der Waals surface area contributed by atoms with Gasteiger partial charge in [0.2, 0.25) is 0 Å². The third-order valence-corrected chi connectivity index (χ3v) is 9.07. The van der Waals surface area contributed by atoms with E-state index in [2.05, 4.69) is 37.9 Å². The molecule has 3 aromatic rings. The van der Waals surface area contributed by atoms with Gasteiger partial charge in [-0.3, -0.25) is 9.59 Å². The first-order valence-corrected chi connectivity index (χ1v) is 13.5. The third kappa shape index (κ3) is 4.83. The van der Waals surface area contributed by atoms with E-state index in [0.717, 1.165) is 31.8 Å². The predicted octanol–water partition coefficient (Wildman–Crippen LogP) is 6.02. The number of Topliss-reactive ketones (excluding diaryl/α,β-unsaturated/α-hetero) is 1. The molecule has 2 N–H and O–H groups in total. The van der Waals surface area contributed by atoms with Crippen molar-refractivity contribution in [3.8, 4) is 0 Å². The summed E-state index contributed by atoms with van der Waals surface area (Å²) in [5.41, 5.74) is 2.24. The largest absolute Gasteiger partial charge is 0.457 e. The van der Waals surface area contributed by atoms with Gasteiger partial charge in [-0.1, -0.05) is 34.6 Å². The SMILES string of the molecule is CC(C)C1(CCc2ccsc2CO)CC(=O)C(Sc2cc3cc[nH]c3cc2C(C)(C)C)C(=O)O1. The van der Waals surface area contributed by atoms with E-state index in [9.17, 15) is 14.7 Å². The lowest BCUT2D eigenvalue weighted by molar-refractivity contribution is -0.176. The summed E-state index contributed by atoms with van der Waals surface area (Å²) < 4.78 is 6.11. The number of hydrogen-bond acceptors (Lipinski definition) is 6. The number of ketones is 1. The molecule has 182 valence electrons. The molecule has 0 radical (unpaired) electrons. The zero-order valence-electron chi connectivity index (χ0n) is 20.4. The fourth-order valence-electron chi connectivity index (χ4n) is 4.64. The molecule has 1 aromatic carbocycles. The molecule has 2 atom stereocenters. The molecule has 1 fully saturated rings. The standard InChI is InChI=1S/C27H33NO4S2/c1-16(2)27(9-6-17-8-11-33-23(17)15-29)14-21(30)24(25(31)32-27)34-22-12-18-7-10-28-20(18)13-19(22)26(3,4)5/h7-8,10-13,16,24,28-29H,6,9,14-15H2,1-5H3. The number of fused-ring (bicyclic) bond motifs is 1. The molecule has 1 aliphatic rings. The van der Waals surface area contributed by atoms with Gasteiger partial charge >= 0.3 is 5.97 Å². The molecule has 0 aliphatic carbocycles. The Hall–Kier alpha value is -2.09. The molecule has 34 heavy (non-hydrogen) atoms. The van der Waals surface area contributed by atoms with E-state index in [-0.39, 0.29) is 30.1 Å². The minimum Gasteiger partial charge on any atom is -0.457 e. The van der Waals surface area contributed by atoms with Gasteiger partial charge in [0, 0.05) is 33.3 Å². The van der Waals surface area contributed by atoms with Crippen LogP contribution >= 0.6 is 23.1 Å². The number of rotatable bonds is 7. The highest BCUT2D eigenvalue weighted by molar-refractivity contribution is 8.01. The van der Waals surface area contributed by atoms with Gasteiger partial charge in [0.15, 0.2) is 11.0 Å². The molecule has 0 amide bonds. The maximum absolute atomic E-state index is 13.4. The number of carbonyl (C=O) groups is 2. The summed E-state index contributed by atoms with van der Waals surface area (Å²) in [5.74, 6) is -0.516. The van der Waals surface area contributed by atoms with Crippen molar-refractivity contribution >= 4 is 45.8 Å². The smallest absolute Gasteiger partial charge is 0.327 e. The number of nitrogens with one attached hydrogen (secondary N) is 1. The summed E-state index contributed by atoms with van der Waals surface area (Å²) in [5, 5.41) is 11.7. The van der Waals surface area contributed by atoms with Crippen molar-refractivity contribution in [3.63, 3.8) is 0 Å². The van der Waals surface area contributed by atoms with E-state index in [0.29, 0.717) is 12.8 Å². The summed E-state index contributed by atoms with van der Waals surface area (Å²) >= 11 is 2.84. The van der Waals surface area contributed by atoms with E-state index in [4.69, 9.17) is 4.74 Å². The number of thioether (sulfide) groups is 1. The monoisotopic (exact) mass is 499 g/mol. The second-order valence-corrected chi connectivity index (χ2v) is 12.6. The van der Waals surface area contributed by atoms with Crippen molar-refractivity contribution in [1.29, 1.82) is 0 Å². The number of aliphatic hydroxyl groups excluding tert-OH is 1. The van der Waals surface area contributed by atoms with Crippen LogP contribution in [-0.2, 0) is 32.8 Å². The van der Waals surface area contributed by atoms with Gasteiger partial charge in [0.25, 0.3) is 0 Å². The Morgan fingerprint density at radius 3 is 2.68 bits per heavy atom. The first-order chi connectivity index (χ1) is 16.0. The van der Waals surface area contributed by atoms with Crippen molar-refractivity contribution in [2.75, 3.05) is 0 Å². The van der Waals surface area contributed by atoms with Gasteiger partial charge < -0.3 is 14.8 Å². The molecule has 1 aliphatic heterocycles. The highest BCUT2D eigenvalue weighted by Crippen LogP contribution is 2.43. The molecule has 7 heteroatoms. The van der Waals surface area contributed by atoms with Gasteiger partial charge in [-0.25, -0.2) is 0 Å². The number of aryl methyl sites for hydroxylation is 1. The minimum atomic E-state index is -0.862. The Balaban J connectivity index is 1.58. The Kier molecular flexibility index (Phi) is 7.00. The lowest BCUT2D eigenvalue weighted by Gasteiger charge is -2.41. The van der Waals surface area contributed by atoms with Crippen LogP contribution in [0.25, 0.3) is 10.9 Å². The second kappa shape index (κ2) is 9.51. The van der Waals surface area contributed by atoms with Crippen LogP contribution in [0, 0.1) is 5.92 Å². The molecular weight excluding hydrogens is 466 g/mol. The average molecular weight is 500 g/mol. The Labute approximate surface area is 209 Å². The van der Waals surface area contributed by atoms with Crippen LogP contribution in [0.15, 0.2) is 40.7 Å². The average Bonchev–Trinajstić information content (AvgIpc) is 3.41. The molecule has 0 saturated carbocycles. The lowest BCUT2D eigenvalue weighted by Crippen LogP contribution is -2.52. The number of cyclic esters (lactones) is 1. The van der Waals surface area contributed by atoms with Gasteiger partial charge in [-0.2, -0.15) is 0 Å². The minimum absolute atomic E-state index is 0.000702. The zero-order chi connectivity index (χ0) is 24.7. The van der Waals surface area contributed by atoms with E-state index >= 15 is 0 Å². The van der Waals surface area contributed by atoms with Crippen LogP contribution in [0.4, 0.5) is 0 Å². The molecule has 0 spiro atoms. The molecule has 2 unspecified atom stereocenters. The Morgan fingerprint density at radius 1 is 1.26 bits per heavy atom. The second-order valence-electron chi connectivity index (χ2n) is 10.5. The van der Waals surface area contributed by atoms with E-state index in [1.54, 1.807) is 0 Å². The molecule has 0 bridgehead atoms. The van der Waals surface area contributed by atoms with Gasteiger partial charge in [-0.15, -0.1) is 23.1 Å². The molecule has 1 saturated heterocycles. The Morgan fingerprint density at radius 2 is 2.03 bits per heavy atom. The van der Waals surface area contributed by atoms with Crippen molar-refractivity contribution in [1.82, 2.24) is 4.98 Å². The first kappa shape index (κ1) is 25.0. The van der Waals surface area contributed by atoms with Gasteiger partial charge in [0.1, 0.15) is 5.60 Å². The molecule has 4 rings (SSSR count). The summed E-state index contributed by atoms with van der Waals surface area (Å²) in [6, 6.07) is 8.19. The number of thiophene rings is 1. The highest BCUT2D eigenvalue weighted by Gasteiger charge is 2.49. The summed E-state index contributed by atoms with van der Waals surface area (Å²) in [6.45, 7) is 10.4. The number of benzene rings is 1. The normalized spacial score (nSPS) is 21.4. The topological polar surface area (TPSA) is 79.4 Å². The lowest BCUT2D eigenvalue weighted by atomic mass is 9.78. The Bertz CT molecular complexity index is 1180. The van der Waals surface area contributed by atoms with Crippen LogP contribution in [-0.4, -0.2) is 32.7 Å². The van der Waals surface area contributed by atoms with E-state index in [1.165, 1.54) is 23.1 Å². The molecular formula is C27H33NO4S2. The molecule has 2 aromatic heterocycles. The van der Waals surface area contributed by atoms with Crippen molar-refractivity contribution in [2.24, 2.45) is 5.92 Å². The maximum atomic E-state index is 13.4. The molecule has 5 nitrogen and oxygen atoms in total. The fraction of sp³-hybridized carbons (Fsp3) is 0.481. The number of aliphatic hydroxyl groups is 1. The number of esters is 1. The quantitative estimate of drug-likeness (QED) is 0.307. The summed E-state index contributed by atoms with van der Waals surface area (Å²) in [6.07, 6.45) is 3.34. The van der Waals surface area contributed by atoms with Crippen LogP contribution in [0.3, 0.4) is 0 Å². The summed E-state index contributed by atoms with van der Waals surface area (Å²) in [4.78, 5) is 31.8. The van der Waals surface area contributed by atoms with Crippen molar-refractivity contribution < 1.29 is 19.4 Å². The van der Waals surface area contributed by atoms with Crippen LogP contribution in [0.2, 0.25) is 0 Å². The van der Waals surface area contributed by atoms with Crippen LogP contribution < -0.4 is 0 Å². The summed E-state index contributed by atoms with van der Waals surface area (Å²) in [7, 11) is 0. The number of ether oxygens (including phenoxy) is 1. The number of hydrogen-bond donors (Lipinski definition) is 2. The first-order valence-electron chi connectivity index (χ1n) is 11.7. The fourth-order valence-corrected chi connectivity index (χ4v) is 6.73.